The number of rotatable bonds is 8. The summed E-state index contributed by atoms with van der Waals surface area (Å²) in [6.45, 7) is 10.00. The molecule has 0 saturated carbocycles. The first-order valence-corrected chi connectivity index (χ1v) is 12.8. The summed E-state index contributed by atoms with van der Waals surface area (Å²) in [7, 11) is 3.21. The van der Waals surface area contributed by atoms with Gasteiger partial charge in [-0.25, -0.2) is 4.98 Å². The van der Waals surface area contributed by atoms with E-state index in [1.807, 2.05) is 51.1 Å². The molecule has 7 nitrogen and oxygen atoms in total. The molecule has 0 aliphatic carbocycles. The van der Waals surface area contributed by atoms with Crippen LogP contribution >= 0.6 is 11.6 Å². The van der Waals surface area contributed by atoms with E-state index in [0.717, 1.165) is 22.4 Å². The van der Waals surface area contributed by atoms with Crippen LogP contribution in [0, 0.1) is 6.92 Å². The molecule has 0 fully saturated rings. The van der Waals surface area contributed by atoms with E-state index in [9.17, 15) is 4.79 Å². The molecule has 0 unspecified atom stereocenters. The average Bonchev–Trinajstić information content (AvgIpc) is 2.88. The summed E-state index contributed by atoms with van der Waals surface area (Å²) < 4.78 is 18.5. The molecule has 0 amide bonds. The lowest BCUT2D eigenvalue weighted by Gasteiger charge is -2.18. The number of para-hydroxylation sites is 1. The van der Waals surface area contributed by atoms with Gasteiger partial charge in [0.1, 0.15) is 5.75 Å². The number of hydrogen-bond acceptors (Lipinski definition) is 6. The number of aryl methyl sites for hydroxylation is 1. The van der Waals surface area contributed by atoms with Gasteiger partial charge in [-0.2, -0.15) is 9.78 Å². The number of aromatic nitrogens is 2. The molecule has 0 spiro atoms. The average molecular weight is 534 g/mol. The van der Waals surface area contributed by atoms with Gasteiger partial charge in [-0.1, -0.05) is 37.6 Å². The Labute approximate surface area is 227 Å². The van der Waals surface area contributed by atoms with Crippen molar-refractivity contribution < 1.29 is 14.2 Å². The van der Waals surface area contributed by atoms with Crippen molar-refractivity contribution in [3.05, 3.63) is 80.6 Å². The van der Waals surface area contributed by atoms with Crippen molar-refractivity contribution >= 4 is 28.7 Å². The highest BCUT2D eigenvalue weighted by molar-refractivity contribution is 6.31. The molecule has 1 heterocycles. The Morgan fingerprint density at radius 3 is 2.37 bits per heavy atom. The lowest BCUT2D eigenvalue weighted by atomic mass is 9.96. The molecule has 0 radical (unpaired) electrons. The molecule has 4 aromatic rings. The van der Waals surface area contributed by atoms with Crippen molar-refractivity contribution in [2.75, 3.05) is 14.2 Å². The number of hydrogen-bond donors (Lipinski definition) is 0. The molecular formula is C30H32ClN3O4. The number of halogens is 1. The van der Waals surface area contributed by atoms with Gasteiger partial charge < -0.3 is 14.2 Å². The van der Waals surface area contributed by atoms with Crippen LogP contribution in [0.4, 0.5) is 0 Å². The van der Waals surface area contributed by atoms with Crippen LogP contribution in [0.5, 0.6) is 17.2 Å². The second-order valence-corrected chi connectivity index (χ2v) is 10.0. The topological polar surface area (TPSA) is 74.9 Å². The van der Waals surface area contributed by atoms with Gasteiger partial charge in [0, 0.05) is 22.2 Å². The third-order valence-electron chi connectivity index (χ3n) is 6.13. The van der Waals surface area contributed by atoms with E-state index in [0.29, 0.717) is 38.8 Å². The van der Waals surface area contributed by atoms with Gasteiger partial charge in [0.05, 0.1) is 37.4 Å². The van der Waals surface area contributed by atoms with Crippen LogP contribution in [0.3, 0.4) is 0 Å². The number of nitrogens with zero attached hydrogens (tertiary/aromatic N) is 3. The van der Waals surface area contributed by atoms with Gasteiger partial charge in [-0.3, -0.25) is 4.79 Å². The fourth-order valence-electron chi connectivity index (χ4n) is 4.29. The second-order valence-electron chi connectivity index (χ2n) is 9.57. The van der Waals surface area contributed by atoms with Crippen LogP contribution in [-0.4, -0.2) is 36.2 Å². The molecule has 0 N–H and O–H groups in total. The zero-order valence-corrected chi connectivity index (χ0v) is 23.5. The number of methoxy groups -OCH3 is 2. The first kappa shape index (κ1) is 27.2. The van der Waals surface area contributed by atoms with Crippen molar-refractivity contribution in [3.8, 4) is 28.6 Å². The number of ether oxygens (including phenoxy) is 3. The Morgan fingerprint density at radius 2 is 1.71 bits per heavy atom. The quantitative estimate of drug-likeness (QED) is 0.232. The molecule has 38 heavy (non-hydrogen) atoms. The van der Waals surface area contributed by atoms with E-state index >= 15 is 0 Å². The van der Waals surface area contributed by atoms with Crippen molar-refractivity contribution in [2.24, 2.45) is 5.10 Å². The Bertz CT molecular complexity index is 1570. The minimum absolute atomic E-state index is 0.116. The van der Waals surface area contributed by atoms with Gasteiger partial charge >= 0.3 is 0 Å². The van der Waals surface area contributed by atoms with Gasteiger partial charge in [-0.05, 0) is 68.1 Å². The molecule has 0 aliphatic rings. The molecule has 0 aliphatic heterocycles. The van der Waals surface area contributed by atoms with E-state index in [1.165, 1.54) is 4.68 Å². The first-order chi connectivity index (χ1) is 18.1. The van der Waals surface area contributed by atoms with E-state index < -0.39 is 0 Å². The molecule has 3 aromatic carbocycles. The molecule has 198 valence electrons. The summed E-state index contributed by atoms with van der Waals surface area (Å²) in [6, 6.07) is 14.6. The Kier molecular flexibility index (Phi) is 8.07. The van der Waals surface area contributed by atoms with Gasteiger partial charge in [0.2, 0.25) is 0 Å². The lowest BCUT2D eigenvalue weighted by molar-refractivity contribution is 0.230. The van der Waals surface area contributed by atoms with Crippen molar-refractivity contribution in [1.82, 2.24) is 9.66 Å². The fraction of sp³-hybridized carbons (Fsp3) is 0.300. The maximum Gasteiger partial charge on any atom is 0.282 e. The zero-order chi connectivity index (χ0) is 27.6. The summed E-state index contributed by atoms with van der Waals surface area (Å²) >= 11 is 6.36. The highest BCUT2D eigenvalue weighted by Gasteiger charge is 2.19. The summed E-state index contributed by atoms with van der Waals surface area (Å²) in [5, 5.41) is 5.56. The summed E-state index contributed by atoms with van der Waals surface area (Å²) in [5.74, 6) is 2.38. The van der Waals surface area contributed by atoms with Crippen LogP contribution in [0.1, 0.15) is 50.3 Å². The minimum Gasteiger partial charge on any atom is -0.496 e. The number of fused-ring (bicyclic) bond motifs is 1. The number of benzene rings is 3. The van der Waals surface area contributed by atoms with Crippen molar-refractivity contribution in [1.29, 1.82) is 0 Å². The summed E-state index contributed by atoms with van der Waals surface area (Å²) in [4.78, 5) is 18.6. The summed E-state index contributed by atoms with van der Waals surface area (Å²) in [5.41, 5.74) is 3.58. The van der Waals surface area contributed by atoms with Gasteiger partial charge in [-0.15, -0.1) is 0 Å². The third-order valence-corrected chi connectivity index (χ3v) is 6.35. The Hall–Kier alpha value is -3.84. The van der Waals surface area contributed by atoms with Gasteiger partial charge in [0.15, 0.2) is 17.3 Å². The lowest BCUT2D eigenvalue weighted by Crippen LogP contribution is -2.21. The van der Waals surface area contributed by atoms with Crippen molar-refractivity contribution in [2.45, 2.75) is 46.6 Å². The maximum atomic E-state index is 13.8. The molecule has 1 aromatic heterocycles. The molecule has 8 heteroatoms. The Balaban J connectivity index is 2.00. The monoisotopic (exact) mass is 533 g/mol. The van der Waals surface area contributed by atoms with E-state index in [2.05, 4.69) is 18.9 Å². The smallest absolute Gasteiger partial charge is 0.282 e. The van der Waals surface area contributed by atoms with Crippen LogP contribution < -0.4 is 19.8 Å². The van der Waals surface area contributed by atoms with Gasteiger partial charge in [0.25, 0.3) is 5.56 Å². The maximum absolute atomic E-state index is 13.8. The SMILES string of the molecule is COc1cc(C)c(-c2nc3ccccc3c(=O)n2N=Cc2cc(Cl)cc(OC)c2OC(C)C)cc1C(C)C. The molecule has 0 saturated heterocycles. The van der Waals surface area contributed by atoms with Crippen LogP contribution in [-0.2, 0) is 0 Å². The zero-order valence-electron chi connectivity index (χ0n) is 22.7. The fourth-order valence-corrected chi connectivity index (χ4v) is 4.51. The summed E-state index contributed by atoms with van der Waals surface area (Å²) in [6.07, 6.45) is 1.43. The highest BCUT2D eigenvalue weighted by atomic mass is 35.5. The Morgan fingerprint density at radius 1 is 1.00 bits per heavy atom. The first-order valence-electron chi connectivity index (χ1n) is 12.4. The van der Waals surface area contributed by atoms with Crippen LogP contribution in [0.15, 0.2) is 58.4 Å². The molecule has 0 bridgehead atoms. The third kappa shape index (κ3) is 5.38. The molecule has 0 atom stereocenters. The second kappa shape index (κ2) is 11.3. The standard InChI is InChI=1S/C30H32ClN3O4/c1-17(2)23-15-24(19(5)12-26(23)36-6)29-33-25-11-9-8-10-22(25)30(35)34(29)32-16-20-13-21(31)14-27(37-7)28(20)38-18(3)4/h8-18H,1-7H3. The normalized spacial score (nSPS) is 11.6. The predicted octanol–water partition coefficient (Wildman–Crippen LogP) is 6.84. The van der Waals surface area contributed by atoms with E-state index in [4.69, 9.17) is 30.8 Å². The largest absolute Gasteiger partial charge is 0.496 e. The van der Waals surface area contributed by atoms with E-state index in [1.54, 1.807) is 38.6 Å². The van der Waals surface area contributed by atoms with Crippen LogP contribution in [0.2, 0.25) is 5.02 Å². The molecular weight excluding hydrogens is 502 g/mol. The molecule has 4 rings (SSSR count). The highest BCUT2D eigenvalue weighted by Crippen LogP contribution is 2.36. The van der Waals surface area contributed by atoms with Crippen LogP contribution in [0.25, 0.3) is 22.3 Å². The predicted molar refractivity (Wildman–Crippen MR) is 154 cm³/mol. The van der Waals surface area contributed by atoms with Crippen molar-refractivity contribution in [3.63, 3.8) is 0 Å². The minimum atomic E-state index is -0.288. The van der Waals surface area contributed by atoms with E-state index in [-0.39, 0.29) is 17.6 Å².